The Hall–Kier alpha value is -0.962. The Morgan fingerprint density at radius 3 is 0.944 bits per heavy atom. The van der Waals surface area contributed by atoms with E-state index in [1.165, 1.54) is 5.30 Å². The quantitative estimate of drug-likeness (QED) is 0.331. The summed E-state index contributed by atoms with van der Waals surface area (Å²) >= 11 is 0. The van der Waals surface area contributed by atoms with Crippen molar-refractivity contribution in [1.29, 1.82) is 0 Å². The smallest absolute Gasteiger partial charge is 0 e. The van der Waals surface area contributed by atoms with Crippen molar-refractivity contribution in [3.8, 4) is 0 Å². The van der Waals surface area contributed by atoms with Gasteiger partial charge in [0.1, 0.15) is 0 Å². The van der Waals surface area contributed by atoms with Crippen molar-refractivity contribution in [3.63, 3.8) is 0 Å². The summed E-state index contributed by atoms with van der Waals surface area (Å²) in [4.78, 5) is 0. The fourth-order valence-electron chi connectivity index (χ4n) is 0.453. The Morgan fingerprint density at radius 1 is 0.611 bits per heavy atom. The van der Waals surface area contributed by atoms with Crippen molar-refractivity contribution in [2.24, 2.45) is 0 Å². The third-order valence-corrected chi connectivity index (χ3v) is 1.18. The number of rotatable bonds is 0. The summed E-state index contributed by atoms with van der Waals surface area (Å²) in [5.41, 5.74) is 0. The van der Waals surface area contributed by atoms with E-state index in [9.17, 15) is 0 Å². The first-order chi connectivity index (χ1) is 8.39. The second-order valence-corrected chi connectivity index (χ2v) is 2.08. The first kappa shape index (κ1) is 36.0. The first-order valence-corrected chi connectivity index (χ1v) is 3.80. The molecular formula is C11H7O5PW. The summed E-state index contributed by atoms with van der Waals surface area (Å²) in [6, 6.07) is 10.1. The van der Waals surface area contributed by atoms with Crippen LogP contribution in [0.3, 0.4) is 0 Å². The molecule has 0 N–H and O–H groups in total. The first-order valence-electron chi connectivity index (χ1n) is 3.22. The Balaban J connectivity index is -0.0000000285. The van der Waals surface area contributed by atoms with Gasteiger partial charge in [-0.1, -0.05) is 30.3 Å². The fraction of sp³-hybridized carbons (Fsp3) is 0. The van der Waals surface area contributed by atoms with Gasteiger partial charge < -0.3 is 0 Å². The minimum Gasteiger partial charge on any atom is 0 e. The Morgan fingerprint density at radius 2 is 0.833 bits per heavy atom. The van der Waals surface area contributed by atoms with Gasteiger partial charge in [0.25, 0.3) is 0 Å². The van der Waals surface area contributed by atoms with Crippen molar-refractivity contribution >= 4 is 14.5 Å². The number of hydrogen-bond acceptors (Lipinski definition) is 0. The standard InChI is InChI=1S/C6H7P.5CO.W/c7-6-4-2-1-3-5-6;5*1-2;/h1-5H,7H2;;;;;;. The fourth-order valence-corrected chi connectivity index (χ4v) is 0.675. The van der Waals surface area contributed by atoms with Crippen LogP contribution in [0.15, 0.2) is 30.3 Å². The molecule has 1 unspecified atom stereocenters. The second kappa shape index (κ2) is 73.2. The molecule has 0 aliphatic rings. The van der Waals surface area contributed by atoms with Gasteiger partial charge in [-0.15, -0.1) is 9.24 Å². The van der Waals surface area contributed by atoms with Gasteiger partial charge >= 0.3 is 56.5 Å². The molecule has 7 heteroatoms. The summed E-state index contributed by atoms with van der Waals surface area (Å²) in [6.45, 7) is 22.5. The molecule has 5 nitrogen and oxygen atoms in total. The van der Waals surface area contributed by atoms with E-state index in [1.807, 2.05) is 30.3 Å². The van der Waals surface area contributed by atoms with Crippen LogP contribution in [0.1, 0.15) is 0 Å². The van der Waals surface area contributed by atoms with Crippen molar-refractivity contribution < 1.29 is 44.3 Å². The van der Waals surface area contributed by atoms with Crippen LogP contribution in [0.25, 0.3) is 0 Å². The summed E-state index contributed by atoms with van der Waals surface area (Å²) in [7, 11) is 2.63. The third kappa shape index (κ3) is 59.8. The minimum atomic E-state index is 0. The monoisotopic (exact) mass is 434 g/mol. The minimum absolute atomic E-state index is 0. The van der Waals surface area contributed by atoms with Crippen molar-refractivity contribution in [3.05, 3.63) is 63.6 Å². The van der Waals surface area contributed by atoms with Gasteiger partial charge in [-0.25, -0.2) is 0 Å². The molecule has 92 valence electrons. The van der Waals surface area contributed by atoms with Gasteiger partial charge in [0.15, 0.2) is 0 Å². The summed E-state index contributed by atoms with van der Waals surface area (Å²) in [5, 5.41) is 1.24. The molecule has 1 atom stereocenters. The molecule has 0 radical (unpaired) electrons. The zero-order valence-electron chi connectivity index (χ0n) is 8.91. The van der Waals surface area contributed by atoms with Gasteiger partial charge in [0, 0.05) is 21.1 Å². The van der Waals surface area contributed by atoms with Crippen LogP contribution < -0.4 is 5.30 Å². The van der Waals surface area contributed by atoms with Crippen LogP contribution in [0, 0.1) is 33.3 Å². The normalized spacial score (nSPS) is 3.94. The maximum absolute atomic E-state index is 7.50. The Kier molecular flexibility index (Phi) is 146. The van der Waals surface area contributed by atoms with E-state index in [4.69, 9.17) is 23.3 Å². The largest absolute Gasteiger partial charge is 0 e. The molecule has 0 amide bonds. The van der Waals surface area contributed by atoms with E-state index < -0.39 is 0 Å². The van der Waals surface area contributed by atoms with E-state index in [1.54, 1.807) is 0 Å². The van der Waals surface area contributed by atoms with Gasteiger partial charge in [-0.3, -0.25) is 0 Å². The van der Waals surface area contributed by atoms with E-state index >= 15 is 0 Å². The van der Waals surface area contributed by atoms with Gasteiger partial charge in [0.2, 0.25) is 0 Å². The van der Waals surface area contributed by atoms with Crippen molar-refractivity contribution in [2.75, 3.05) is 0 Å². The van der Waals surface area contributed by atoms with Crippen LogP contribution in [0.2, 0.25) is 0 Å². The van der Waals surface area contributed by atoms with E-state index in [2.05, 4.69) is 42.5 Å². The van der Waals surface area contributed by atoms with Gasteiger partial charge in [0.05, 0.1) is 0 Å². The predicted octanol–water partition coefficient (Wildman–Crippen LogP) is 0.997. The zero-order chi connectivity index (χ0) is 15.1. The molecule has 0 saturated carbocycles. The molecule has 18 heavy (non-hydrogen) atoms. The van der Waals surface area contributed by atoms with Gasteiger partial charge in [-0.2, -0.15) is 0 Å². The third-order valence-electron chi connectivity index (χ3n) is 0.800. The molecule has 0 bridgehead atoms. The number of hydrogen-bond donors (Lipinski definition) is 0. The average molecular weight is 434 g/mol. The van der Waals surface area contributed by atoms with Crippen molar-refractivity contribution in [1.82, 2.24) is 0 Å². The SMILES string of the molecule is Pc1ccccc1.[C-]#[O+].[C-]#[O+].[C-]#[O+].[C-]#[O+].[C-]#[O+].[W]. The van der Waals surface area contributed by atoms with E-state index in [0.717, 1.165) is 0 Å². The van der Waals surface area contributed by atoms with E-state index in [-0.39, 0.29) is 21.1 Å². The Labute approximate surface area is 122 Å². The van der Waals surface area contributed by atoms with Crippen molar-refractivity contribution in [2.45, 2.75) is 0 Å². The summed E-state index contributed by atoms with van der Waals surface area (Å²) in [5.74, 6) is 0. The van der Waals surface area contributed by atoms with E-state index in [0.29, 0.717) is 0 Å². The molecule has 0 saturated heterocycles. The van der Waals surface area contributed by atoms with Crippen LogP contribution in [-0.4, -0.2) is 0 Å². The number of benzene rings is 1. The second-order valence-electron chi connectivity index (χ2n) is 1.41. The Bertz CT molecular complexity index is 281. The molecule has 1 aromatic rings. The molecule has 1 aromatic carbocycles. The van der Waals surface area contributed by atoms with Crippen LogP contribution in [-0.2, 0) is 44.3 Å². The maximum Gasteiger partial charge on any atom is 0 e. The molecule has 0 aliphatic carbocycles. The molecule has 1 rings (SSSR count). The maximum atomic E-state index is 7.50. The molecule has 0 fully saturated rings. The molecular weight excluding hydrogens is 427 g/mol. The topological polar surface area (TPSA) is 99.5 Å². The average Bonchev–Trinajstić information content (AvgIpc) is 2.50. The molecule has 0 spiro atoms. The molecule has 0 aliphatic heterocycles. The molecule has 0 aromatic heterocycles. The zero-order valence-corrected chi connectivity index (χ0v) is 13.0. The summed E-state index contributed by atoms with van der Waals surface area (Å²) in [6.07, 6.45) is 0. The molecule has 0 heterocycles. The van der Waals surface area contributed by atoms with Crippen LogP contribution >= 0.6 is 9.24 Å². The summed E-state index contributed by atoms with van der Waals surface area (Å²) < 4.78 is 37.5. The van der Waals surface area contributed by atoms with Crippen LogP contribution in [0.4, 0.5) is 0 Å². The predicted molar refractivity (Wildman–Crippen MR) is 55.4 cm³/mol. The van der Waals surface area contributed by atoms with Gasteiger partial charge in [-0.05, 0) is 5.30 Å². The van der Waals surface area contributed by atoms with Crippen LogP contribution in [0.5, 0.6) is 0 Å².